The Morgan fingerprint density at radius 2 is 0.831 bits per heavy atom. The number of nitrogen functional groups attached to an aromatic ring is 2. The minimum absolute atomic E-state index is 0. The van der Waals surface area contributed by atoms with E-state index >= 15 is 0 Å². The second kappa shape index (κ2) is 24.3. The van der Waals surface area contributed by atoms with Crippen LogP contribution in [0.3, 0.4) is 0 Å². The predicted octanol–water partition coefficient (Wildman–Crippen LogP) is 10.9. The number of thiophene rings is 3. The standard InChI is InChI=1S/C20H19Cl2N3O4S.C20H21ClN4O4S.C17H17ClN4O4S.2CH4/c2*1-20(2)28-13-12(14-16-9(4-6-26-14)7-11(21)30-16)27-19(15(13)29-20)25-5-3-10-17(22)23-8-24-18(10)25;18-9-5-7-2-4-25-13(14(7)27-9)12-10(23)11(24)17(26-12)22-3-1-8-15(19)20-6-21-16(8)22;;/h3,5,7-8,12-15,19H,4,6H2,1-2H3;3,5,7-8,12-15,19H,4,6H2,1-2H3,(H2,22,23,24);1,3,5-6,10-13,17,23-24H,2,4H2,(H2,19,20,21);2*1H4/t2*12-,13+,14+,15+,19+;10-,11+,12-,13+,17+;;/m000../s1. The average Bonchev–Trinajstić information content (AvgIpc) is 1.60. The van der Waals surface area contributed by atoms with Gasteiger partial charge in [-0.15, -0.1) is 34.0 Å². The van der Waals surface area contributed by atoms with Gasteiger partial charge < -0.3 is 82.8 Å². The van der Waals surface area contributed by atoms with Crippen LogP contribution in [0.5, 0.6) is 0 Å². The fourth-order valence-electron chi connectivity index (χ4n) is 13.2. The maximum Gasteiger partial charge on any atom is 0.164 e. The Morgan fingerprint density at radius 1 is 0.472 bits per heavy atom. The third-order valence-electron chi connectivity index (χ3n) is 16.9. The first-order valence-electron chi connectivity index (χ1n) is 28.2. The molecule has 0 spiro atoms. The van der Waals surface area contributed by atoms with Gasteiger partial charge >= 0.3 is 0 Å². The molecule has 9 aromatic rings. The van der Waals surface area contributed by atoms with Crippen molar-refractivity contribution in [2.75, 3.05) is 31.3 Å². The van der Waals surface area contributed by atoms with Gasteiger partial charge in [0.25, 0.3) is 0 Å². The van der Waals surface area contributed by atoms with Crippen molar-refractivity contribution < 1.29 is 57.6 Å². The number of nitrogens with two attached hydrogens (primary N) is 2. The van der Waals surface area contributed by atoms with E-state index in [0.717, 1.165) is 58.9 Å². The van der Waals surface area contributed by atoms with Crippen molar-refractivity contribution in [3.05, 3.63) is 123 Å². The van der Waals surface area contributed by atoms with Gasteiger partial charge in [-0.1, -0.05) is 61.3 Å². The largest absolute Gasteiger partial charge is 0.387 e. The average molecular weight is 1360 g/mol. The Morgan fingerprint density at radius 3 is 1.27 bits per heavy atom. The molecule has 0 saturated carbocycles. The van der Waals surface area contributed by atoms with Crippen LogP contribution in [0.25, 0.3) is 33.1 Å². The van der Waals surface area contributed by atoms with Gasteiger partial charge in [-0.3, -0.25) is 0 Å². The van der Waals surface area contributed by atoms with Gasteiger partial charge in [-0.05, 0) is 100 Å². The number of aromatic nitrogens is 9. The molecule has 0 aliphatic carbocycles. The fourth-order valence-corrected chi connectivity index (χ4v) is 17.6. The Bertz CT molecular complexity index is 3910. The summed E-state index contributed by atoms with van der Waals surface area (Å²) in [7, 11) is 0. The fraction of sp³-hybridized carbons (Fsp3) is 0.492. The number of hydrogen-bond acceptors (Lipinski definition) is 23. The normalized spacial score (nSPS) is 31.2. The maximum absolute atomic E-state index is 10.7. The molecule has 0 aromatic carbocycles. The second-order valence-electron chi connectivity index (χ2n) is 23.1. The van der Waals surface area contributed by atoms with E-state index in [-0.39, 0.29) is 63.7 Å². The van der Waals surface area contributed by atoms with E-state index in [1.54, 1.807) is 39.5 Å². The number of rotatable bonds is 6. The van der Waals surface area contributed by atoms with Gasteiger partial charge in [0.1, 0.15) is 126 Å². The summed E-state index contributed by atoms with van der Waals surface area (Å²) in [6.45, 7) is 9.42. The molecule has 0 radical (unpaired) electrons. The Hall–Kier alpha value is -4.76. The summed E-state index contributed by atoms with van der Waals surface area (Å²) >= 11 is 29.5. The predicted molar refractivity (Wildman–Crippen MR) is 336 cm³/mol. The smallest absolute Gasteiger partial charge is 0.164 e. The van der Waals surface area contributed by atoms with Gasteiger partial charge in [0.2, 0.25) is 0 Å². The molecule has 0 amide bonds. The summed E-state index contributed by atoms with van der Waals surface area (Å²) in [5.41, 5.74) is 17.4. The molecule has 6 N–H and O–H groups in total. The lowest BCUT2D eigenvalue weighted by molar-refractivity contribution is -0.212. The molecular weight excluding hydrogens is 1290 g/mol. The van der Waals surface area contributed by atoms with Crippen LogP contribution < -0.4 is 11.5 Å². The monoisotopic (exact) mass is 1360 g/mol. The van der Waals surface area contributed by atoms with Crippen molar-refractivity contribution in [3.8, 4) is 0 Å². The van der Waals surface area contributed by atoms with Gasteiger partial charge in [0.15, 0.2) is 30.3 Å². The number of aliphatic hydroxyl groups is 2. The minimum Gasteiger partial charge on any atom is -0.387 e. The number of anilines is 2. The lowest BCUT2D eigenvalue weighted by Crippen LogP contribution is -2.37. The van der Waals surface area contributed by atoms with E-state index in [2.05, 4.69) is 29.9 Å². The Labute approximate surface area is 542 Å². The maximum atomic E-state index is 10.7. The first kappa shape index (κ1) is 63.0. The highest BCUT2D eigenvalue weighted by molar-refractivity contribution is 7.17. The molecule has 89 heavy (non-hydrogen) atoms. The number of hydrogen-bond donors (Lipinski definition) is 4. The number of fused-ring (bicyclic) bond motifs is 8. The molecule has 0 unspecified atom stereocenters. The number of aliphatic hydroxyl groups excluding tert-OH is 2. The van der Waals surface area contributed by atoms with Crippen LogP contribution in [-0.4, -0.2) is 140 Å². The molecule has 474 valence electrons. The van der Waals surface area contributed by atoms with Gasteiger partial charge in [-0.25, -0.2) is 29.9 Å². The quantitative estimate of drug-likeness (QED) is 0.113. The SMILES string of the molecule is C.C.CC1(C)O[C@H]2[C@@H](O1)[C@H](n1ccc3c(Cl)ncnc31)O[C@@H]2[C@H]1OCCc2cc(Cl)sc21.CC1(C)O[C@H]2[C@@H](O1)[C@H](n1ccc3c(N)ncnc31)O[C@@H]2[C@H]1OCCc2cc(Cl)sc21.Nc1ncnc2c1ccn2[C@@H]1O[C@H]([C@H]2OCCc3cc(Cl)sc32)[C@@H](O)[C@H]1O. The number of halogens is 4. The van der Waals surface area contributed by atoms with Gasteiger partial charge in [0.05, 0.1) is 49.0 Å². The molecule has 30 heteroatoms. The second-order valence-corrected chi connectivity index (χ2v) is 28.6. The van der Waals surface area contributed by atoms with E-state index in [4.69, 9.17) is 105 Å². The van der Waals surface area contributed by atoms with E-state index in [1.165, 1.54) is 41.4 Å². The highest BCUT2D eigenvalue weighted by Crippen LogP contribution is 2.53. The minimum atomic E-state index is -1.15. The van der Waals surface area contributed by atoms with Crippen molar-refractivity contribution in [2.24, 2.45) is 0 Å². The molecule has 17 heterocycles. The van der Waals surface area contributed by atoms with Gasteiger partial charge in [0, 0.05) is 33.2 Å². The molecule has 17 rings (SSSR count). The van der Waals surface area contributed by atoms with Crippen LogP contribution >= 0.6 is 80.4 Å². The summed E-state index contributed by atoms with van der Waals surface area (Å²) in [5.74, 6) is -0.675. The molecule has 15 atom stereocenters. The van der Waals surface area contributed by atoms with Crippen LogP contribution in [0.15, 0.2) is 74.0 Å². The summed E-state index contributed by atoms with van der Waals surface area (Å²) in [6.07, 6.45) is 4.65. The van der Waals surface area contributed by atoms with Crippen molar-refractivity contribution in [3.63, 3.8) is 0 Å². The van der Waals surface area contributed by atoms with Crippen LogP contribution in [-0.2, 0) is 66.6 Å². The zero-order chi connectivity index (χ0) is 59.9. The highest BCUT2D eigenvalue weighted by atomic mass is 35.5. The lowest BCUT2D eigenvalue weighted by atomic mass is 9.99. The van der Waals surface area contributed by atoms with E-state index in [1.807, 2.05) is 79.6 Å². The lowest BCUT2D eigenvalue weighted by Gasteiger charge is -2.31. The van der Waals surface area contributed by atoms with Crippen LogP contribution in [0.4, 0.5) is 11.6 Å². The van der Waals surface area contributed by atoms with Crippen molar-refractivity contribution in [1.82, 2.24) is 43.6 Å². The van der Waals surface area contributed by atoms with Gasteiger partial charge in [-0.2, -0.15) is 0 Å². The van der Waals surface area contributed by atoms with Crippen LogP contribution in [0.1, 0.15) is 111 Å². The highest BCUT2D eigenvalue weighted by Gasteiger charge is 2.61. The molecule has 23 nitrogen and oxygen atoms in total. The van der Waals surface area contributed by atoms with Crippen LogP contribution in [0.2, 0.25) is 18.2 Å². The molecule has 8 aliphatic heterocycles. The molecule has 9 aromatic heterocycles. The molecule has 5 fully saturated rings. The third-order valence-corrected chi connectivity index (χ3v) is 21.3. The first-order chi connectivity index (χ1) is 41.9. The zero-order valence-electron chi connectivity index (χ0n) is 46.7. The Balaban J connectivity index is 0.000000122. The summed E-state index contributed by atoms with van der Waals surface area (Å²) in [4.78, 5) is 28.3. The topological polar surface area (TPSA) is 277 Å². The molecule has 5 saturated heterocycles. The van der Waals surface area contributed by atoms with Crippen molar-refractivity contribution in [2.45, 2.75) is 165 Å². The number of nitrogens with zero attached hydrogens (tertiary/aromatic N) is 9. The first-order valence-corrected chi connectivity index (χ1v) is 32.2. The third kappa shape index (κ3) is 11.1. The molecular formula is C59H65Cl4N11O12S3. The number of ether oxygens (including phenoxy) is 10. The summed E-state index contributed by atoms with van der Waals surface area (Å²) in [5, 5.41) is 24.0. The molecule has 0 bridgehead atoms. The van der Waals surface area contributed by atoms with E-state index in [0.29, 0.717) is 63.3 Å². The summed E-state index contributed by atoms with van der Waals surface area (Å²) < 4.78 is 70.4. The van der Waals surface area contributed by atoms with E-state index in [9.17, 15) is 10.2 Å². The van der Waals surface area contributed by atoms with E-state index < -0.39 is 54.7 Å². The Kier molecular flexibility index (Phi) is 17.2. The zero-order valence-corrected chi connectivity index (χ0v) is 52.2. The van der Waals surface area contributed by atoms with Crippen molar-refractivity contribution in [1.29, 1.82) is 0 Å². The molecule has 8 aliphatic rings. The van der Waals surface area contributed by atoms with Crippen molar-refractivity contribution >= 4 is 125 Å². The summed E-state index contributed by atoms with van der Waals surface area (Å²) in [6, 6.07) is 11.5. The van der Waals surface area contributed by atoms with Crippen LogP contribution in [0, 0.1) is 0 Å².